The largest absolute Gasteiger partial charge is 0.399 e. The number of piperidine rings is 1. The molecule has 0 amide bonds. The maximum absolute atomic E-state index is 13.2. The van der Waals surface area contributed by atoms with Crippen LogP contribution in [0.3, 0.4) is 0 Å². The molecule has 2 atom stereocenters. The Morgan fingerprint density at radius 2 is 1.53 bits per heavy atom. The minimum absolute atomic E-state index is 0.109. The van der Waals surface area contributed by atoms with Crippen LogP contribution in [0.2, 0.25) is 0 Å². The Bertz CT molecular complexity index is 1160. The van der Waals surface area contributed by atoms with E-state index in [2.05, 4.69) is 33.9 Å². The first-order valence-electron chi connectivity index (χ1n) is 11.7. The van der Waals surface area contributed by atoms with Crippen LogP contribution in [0.1, 0.15) is 30.9 Å². The maximum atomic E-state index is 13.2. The number of nitrogens with one attached hydrogen (secondary N) is 1. The highest BCUT2D eigenvalue weighted by Crippen LogP contribution is 2.32. The Hall–Kier alpha value is -2.71. The van der Waals surface area contributed by atoms with Gasteiger partial charge in [0.2, 0.25) is 10.0 Å². The summed E-state index contributed by atoms with van der Waals surface area (Å²) in [6, 6.07) is 24.8. The molecule has 4 rings (SSSR count). The number of rotatable bonds is 8. The maximum Gasteiger partial charge on any atom is 0.243 e. The van der Waals surface area contributed by atoms with E-state index in [0.717, 1.165) is 32.4 Å². The van der Waals surface area contributed by atoms with Crippen molar-refractivity contribution < 1.29 is 13.5 Å². The Kier molecular flexibility index (Phi) is 7.38. The summed E-state index contributed by atoms with van der Waals surface area (Å²) in [5, 5.41) is 11.9. The predicted molar refractivity (Wildman–Crippen MR) is 135 cm³/mol. The third-order valence-corrected chi connectivity index (χ3v) is 8.34. The molecule has 0 saturated carbocycles. The fourth-order valence-electron chi connectivity index (χ4n) is 4.74. The van der Waals surface area contributed by atoms with Gasteiger partial charge >= 0.3 is 0 Å². The normalized spacial score (nSPS) is 18.3. The highest BCUT2D eigenvalue weighted by molar-refractivity contribution is 7.89. The first-order valence-corrected chi connectivity index (χ1v) is 13.2. The molecule has 34 heavy (non-hydrogen) atoms. The number of anilines is 1. The lowest BCUT2D eigenvalue weighted by Gasteiger charge is -2.44. The van der Waals surface area contributed by atoms with Gasteiger partial charge in [-0.3, -0.25) is 4.90 Å². The van der Waals surface area contributed by atoms with Gasteiger partial charge < -0.3 is 10.8 Å². The number of nitrogens with zero attached hydrogens (tertiary/aromatic N) is 1. The summed E-state index contributed by atoms with van der Waals surface area (Å²) in [5.74, 6) is 0.566. The van der Waals surface area contributed by atoms with E-state index in [1.54, 1.807) is 42.5 Å². The van der Waals surface area contributed by atoms with E-state index in [1.165, 1.54) is 17.7 Å². The van der Waals surface area contributed by atoms with Crippen LogP contribution >= 0.6 is 0 Å². The van der Waals surface area contributed by atoms with Crippen LogP contribution in [0, 0.1) is 5.92 Å². The topological polar surface area (TPSA) is 95.7 Å². The summed E-state index contributed by atoms with van der Waals surface area (Å²) in [5.41, 5.74) is 6.37. The van der Waals surface area contributed by atoms with Gasteiger partial charge in [-0.1, -0.05) is 60.7 Å². The average molecular weight is 480 g/mol. The summed E-state index contributed by atoms with van der Waals surface area (Å²) in [7, 11) is -3.97. The second-order valence-electron chi connectivity index (χ2n) is 9.15. The number of hydrogen-bond acceptors (Lipinski definition) is 5. The van der Waals surface area contributed by atoms with Gasteiger partial charge in [0.25, 0.3) is 0 Å². The fourth-order valence-corrected chi connectivity index (χ4v) is 6.07. The molecule has 3 aromatic rings. The van der Waals surface area contributed by atoms with Gasteiger partial charge in [0.05, 0.1) is 10.9 Å². The van der Waals surface area contributed by atoms with Crippen molar-refractivity contribution in [1.82, 2.24) is 9.62 Å². The van der Waals surface area contributed by atoms with Crippen LogP contribution in [0.5, 0.6) is 0 Å². The summed E-state index contributed by atoms with van der Waals surface area (Å²) in [6.07, 6.45) is 3.01. The smallest absolute Gasteiger partial charge is 0.243 e. The number of nitrogen functional groups attached to an aromatic ring is 1. The highest BCUT2D eigenvalue weighted by Gasteiger charge is 2.43. The molecule has 3 aromatic carbocycles. The van der Waals surface area contributed by atoms with Crippen molar-refractivity contribution in [2.75, 3.05) is 18.8 Å². The monoisotopic (exact) mass is 479 g/mol. The summed E-state index contributed by atoms with van der Waals surface area (Å²) in [6.45, 7) is 3.44. The van der Waals surface area contributed by atoms with Gasteiger partial charge in [-0.2, -0.15) is 4.72 Å². The van der Waals surface area contributed by atoms with E-state index >= 15 is 0 Å². The molecule has 0 spiro atoms. The number of nitrogens with two attached hydrogens (primary N) is 1. The highest BCUT2D eigenvalue weighted by atomic mass is 32.2. The Balaban J connectivity index is 1.55. The van der Waals surface area contributed by atoms with Gasteiger partial charge in [0, 0.05) is 11.3 Å². The molecule has 2 unspecified atom stereocenters. The minimum Gasteiger partial charge on any atom is -0.399 e. The van der Waals surface area contributed by atoms with E-state index in [4.69, 9.17) is 5.73 Å². The summed E-state index contributed by atoms with van der Waals surface area (Å²) < 4.78 is 29.0. The van der Waals surface area contributed by atoms with Crippen molar-refractivity contribution in [3.05, 3.63) is 96.1 Å². The van der Waals surface area contributed by atoms with Crippen LogP contribution in [0.25, 0.3) is 0 Å². The second-order valence-corrected chi connectivity index (χ2v) is 10.8. The quantitative estimate of drug-likeness (QED) is 0.338. The van der Waals surface area contributed by atoms with Crippen molar-refractivity contribution in [3.8, 4) is 0 Å². The zero-order valence-corrected chi connectivity index (χ0v) is 20.3. The molecule has 7 heteroatoms. The molecular formula is C27H33N3O3S. The summed E-state index contributed by atoms with van der Waals surface area (Å²) >= 11 is 0. The van der Waals surface area contributed by atoms with Crippen LogP contribution in [-0.4, -0.2) is 37.6 Å². The third-order valence-electron chi connectivity index (χ3n) is 6.86. The van der Waals surface area contributed by atoms with E-state index in [1.807, 2.05) is 13.0 Å². The van der Waals surface area contributed by atoms with E-state index in [0.29, 0.717) is 17.2 Å². The van der Waals surface area contributed by atoms with Gasteiger partial charge in [-0.25, -0.2) is 8.42 Å². The zero-order valence-electron chi connectivity index (χ0n) is 19.5. The molecule has 0 bridgehead atoms. The molecular weight excluding hydrogens is 446 g/mol. The van der Waals surface area contributed by atoms with E-state index in [9.17, 15) is 13.5 Å². The number of likely N-dealkylation sites (tertiary alicyclic amines) is 1. The number of benzene rings is 3. The van der Waals surface area contributed by atoms with Crippen molar-refractivity contribution in [3.63, 3.8) is 0 Å². The van der Waals surface area contributed by atoms with E-state index in [-0.39, 0.29) is 4.90 Å². The van der Waals surface area contributed by atoms with Crippen LogP contribution in [0.4, 0.5) is 5.69 Å². The fraction of sp³-hybridized carbons (Fsp3) is 0.333. The molecule has 0 aromatic heterocycles. The molecule has 1 fully saturated rings. The first kappa shape index (κ1) is 24.4. The number of hydrogen-bond donors (Lipinski definition) is 3. The zero-order chi connectivity index (χ0) is 24.2. The van der Waals surface area contributed by atoms with Gasteiger partial charge in [0.1, 0.15) is 0 Å². The van der Waals surface area contributed by atoms with Crippen molar-refractivity contribution in [1.29, 1.82) is 0 Å². The molecule has 1 aliphatic rings. The Labute approximate surface area is 202 Å². The molecule has 180 valence electrons. The average Bonchev–Trinajstić information content (AvgIpc) is 2.85. The lowest BCUT2D eigenvalue weighted by molar-refractivity contribution is -0.0639. The molecule has 0 radical (unpaired) electrons. The number of aliphatic hydroxyl groups is 1. The molecule has 1 saturated heterocycles. The van der Waals surface area contributed by atoms with Crippen LogP contribution < -0.4 is 10.5 Å². The third kappa shape index (κ3) is 5.50. The van der Waals surface area contributed by atoms with E-state index < -0.39 is 21.8 Å². The standard InChI is InChI=1S/C27H33N3O3S/c1-21(30-18-16-23(17-19-30)20-22-8-4-2-5-9-22)27(31,24-12-14-25(28)15-13-24)29-34(32,33)26-10-6-3-7-11-26/h2-15,21,23,29,31H,16-20,28H2,1H3. The summed E-state index contributed by atoms with van der Waals surface area (Å²) in [4.78, 5) is 2.28. The van der Waals surface area contributed by atoms with Crippen molar-refractivity contribution in [2.45, 2.75) is 42.8 Å². The van der Waals surface area contributed by atoms with Gasteiger partial charge in [-0.15, -0.1) is 0 Å². The Morgan fingerprint density at radius 1 is 0.971 bits per heavy atom. The molecule has 4 N–H and O–H groups in total. The SMILES string of the molecule is CC(N1CCC(Cc2ccccc2)CC1)C(O)(NS(=O)(=O)c1ccccc1)c1ccc(N)cc1. The van der Waals surface area contributed by atoms with Gasteiger partial charge in [-0.05, 0) is 75.0 Å². The van der Waals surface area contributed by atoms with Crippen molar-refractivity contribution >= 4 is 15.7 Å². The second kappa shape index (κ2) is 10.3. The molecule has 1 heterocycles. The predicted octanol–water partition coefficient (Wildman–Crippen LogP) is 3.74. The lowest BCUT2D eigenvalue weighted by atomic mass is 9.87. The van der Waals surface area contributed by atoms with Gasteiger partial charge in [0.15, 0.2) is 5.72 Å². The molecule has 0 aliphatic carbocycles. The van der Waals surface area contributed by atoms with Crippen molar-refractivity contribution in [2.24, 2.45) is 5.92 Å². The van der Waals surface area contributed by atoms with Crippen LogP contribution in [0.15, 0.2) is 89.8 Å². The molecule has 6 nitrogen and oxygen atoms in total. The van der Waals surface area contributed by atoms with Crippen LogP contribution in [-0.2, 0) is 22.2 Å². The first-order chi connectivity index (χ1) is 16.3. The minimum atomic E-state index is -3.97. The lowest BCUT2D eigenvalue weighted by Crippen LogP contribution is -2.60. The Morgan fingerprint density at radius 3 is 2.12 bits per heavy atom. The molecule has 1 aliphatic heterocycles. The number of sulfonamides is 1.